The number of benzene rings is 4. The first kappa shape index (κ1) is 71.8. The number of amides is 10. The van der Waals surface area contributed by atoms with Gasteiger partial charge in [-0.2, -0.15) is 0 Å². The van der Waals surface area contributed by atoms with Crippen LogP contribution in [-0.2, 0) is 67.2 Å². The molecule has 8 atom stereocenters. The van der Waals surface area contributed by atoms with Gasteiger partial charge in [-0.3, -0.25) is 62.8 Å². The van der Waals surface area contributed by atoms with Gasteiger partial charge in [0.2, 0.25) is 59.1 Å². The van der Waals surface area contributed by atoms with E-state index in [9.17, 15) is 53.1 Å². The molecule has 4 aromatic carbocycles. The van der Waals surface area contributed by atoms with Crippen molar-refractivity contribution in [1.82, 2.24) is 52.8 Å². The second-order valence-corrected chi connectivity index (χ2v) is 22.8. The zero-order valence-corrected chi connectivity index (χ0v) is 51.6. The fraction of sp³-hybridized carbons (Fsp3) is 0.452. The Bertz CT molecular complexity index is 3190. The van der Waals surface area contributed by atoms with Crippen LogP contribution in [0.25, 0.3) is 10.8 Å². The molecule has 492 valence electrons. The Balaban J connectivity index is 1.42. The highest BCUT2D eigenvalue weighted by Gasteiger charge is 2.35. The maximum Gasteiger partial charge on any atom is 0.243 e. The second-order valence-electron chi connectivity index (χ2n) is 22.8. The summed E-state index contributed by atoms with van der Waals surface area (Å²) in [6.07, 6.45) is -0.710. The zero-order chi connectivity index (χ0) is 66.6. The Labute approximate surface area is 528 Å². The Morgan fingerprint density at radius 1 is 0.495 bits per heavy atom. The molecule has 91 heavy (non-hydrogen) atoms. The molecule has 22 N–H and O–H groups in total. The molecule has 0 bridgehead atoms. The fourth-order valence-electron chi connectivity index (χ4n) is 9.97. The van der Waals surface area contributed by atoms with Gasteiger partial charge in [-0.05, 0) is 84.5 Å². The molecule has 0 aromatic heterocycles. The van der Waals surface area contributed by atoms with Crippen LogP contribution < -0.4 is 82.3 Å². The van der Waals surface area contributed by atoms with Crippen LogP contribution in [0, 0.1) is 5.92 Å². The number of piperazine rings is 1. The third kappa shape index (κ3) is 25.6. The smallest absolute Gasteiger partial charge is 0.243 e. The van der Waals surface area contributed by atoms with Crippen molar-refractivity contribution >= 4 is 81.8 Å². The van der Waals surface area contributed by atoms with Gasteiger partial charge in [-0.15, -0.1) is 0 Å². The molecule has 1 saturated heterocycles. The number of rotatable bonds is 36. The Morgan fingerprint density at radius 2 is 0.934 bits per heavy atom. The minimum absolute atomic E-state index is 0.000171. The van der Waals surface area contributed by atoms with Crippen molar-refractivity contribution in [2.75, 3.05) is 45.8 Å². The van der Waals surface area contributed by atoms with Crippen molar-refractivity contribution in [3.63, 3.8) is 0 Å². The number of carbonyl (C=O) groups excluding carboxylic acids is 10. The second kappa shape index (κ2) is 36.5. The topological polar surface area (TPSA) is 483 Å². The molecule has 5 rings (SSSR count). The minimum Gasteiger partial charge on any atom is -0.508 e. The Kier molecular flexibility index (Phi) is 28.9. The van der Waals surface area contributed by atoms with Crippen LogP contribution in [0.5, 0.6) is 5.75 Å². The predicted molar refractivity (Wildman–Crippen MR) is 342 cm³/mol. The van der Waals surface area contributed by atoms with Crippen molar-refractivity contribution in [2.45, 2.75) is 127 Å². The van der Waals surface area contributed by atoms with E-state index in [2.05, 4.69) is 57.8 Å². The summed E-state index contributed by atoms with van der Waals surface area (Å²) >= 11 is 0. The van der Waals surface area contributed by atoms with E-state index in [0.717, 1.165) is 10.8 Å². The molecule has 0 radical (unpaired) electrons. The molecule has 1 aliphatic rings. The summed E-state index contributed by atoms with van der Waals surface area (Å²) < 4.78 is 0. The van der Waals surface area contributed by atoms with E-state index in [1.165, 1.54) is 19.1 Å². The number of hydrogen-bond donors (Lipinski definition) is 16. The van der Waals surface area contributed by atoms with E-state index in [1.54, 1.807) is 42.5 Å². The molecule has 29 heteroatoms. The molecule has 0 aliphatic carbocycles. The van der Waals surface area contributed by atoms with Crippen molar-refractivity contribution < 1.29 is 53.1 Å². The van der Waals surface area contributed by atoms with Gasteiger partial charge in [0.15, 0.2) is 11.9 Å². The van der Waals surface area contributed by atoms with E-state index in [1.807, 2.05) is 61.2 Å². The predicted octanol–water partition coefficient (Wildman–Crippen LogP) is -3.11. The van der Waals surface area contributed by atoms with E-state index < -0.39 is 114 Å². The van der Waals surface area contributed by atoms with Crippen LogP contribution in [0.4, 0.5) is 0 Å². The average molecular weight is 1260 g/mol. The molecule has 1 aliphatic heterocycles. The maximum atomic E-state index is 15.0. The van der Waals surface area contributed by atoms with Crippen LogP contribution in [0.1, 0.15) is 76.0 Å². The van der Waals surface area contributed by atoms with Gasteiger partial charge in [-0.1, -0.05) is 98.8 Å². The Morgan fingerprint density at radius 3 is 1.47 bits per heavy atom. The van der Waals surface area contributed by atoms with Crippen LogP contribution in [-0.4, -0.2) is 175 Å². The molecule has 1 fully saturated rings. The van der Waals surface area contributed by atoms with E-state index >= 15 is 0 Å². The summed E-state index contributed by atoms with van der Waals surface area (Å²) in [6, 6.07) is 17.1. The third-order valence-electron chi connectivity index (χ3n) is 14.7. The lowest BCUT2D eigenvalue weighted by Gasteiger charge is -2.29. The molecule has 4 aromatic rings. The first-order valence-corrected chi connectivity index (χ1v) is 30.2. The highest BCUT2D eigenvalue weighted by Crippen LogP contribution is 2.19. The molecule has 29 nitrogen and oxygen atoms in total. The van der Waals surface area contributed by atoms with Gasteiger partial charge in [0.25, 0.3) is 0 Å². The number of nitrogens with one attached hydrogen (secondary N) is 9. The quantitative estimate of drug-likeness (QED) is 0.0122. The lowest BCUT2D eigenvalue weighted by atomic mass is 9.98. The van der Waals surface area contributed by atoms with E-state index in [-0.39, 0.29) is 94.6 Å². The van der Waals surface area contributed by atoms with Crippen LogP contribution >= 0.6 is 0 Å². The number of guanidine groups is 2. The zero-order valence-electron chi connectivity index (χ0n) is 51.6. The monoisotopic (exact) mass is 1260 g/mol. The first-order chi connectivity index (χ1) is 43.3. The molecule has 1 heterocycles. The SMILES string of the molecule is CC(C)C[C@H](NC(=O)[C@H](Cc1ccc2ccccc2c1)NC(=O)[C@H](Cc1ccc(O)cc1)NC(=O)CN1CCNCC1)C(=O)N[C@@H](Cc1ccccc1)C(=O)N[C@@H](CCCN=C(N)N)C(=O)N[C@@H](C)C(=O)N[C@@H](CCCN=C(N)N)C(=O)N[C@@H](CC(N)=O)C(N)=O. The van der Waals surface area contributed by atoms with Crippen LogP contribution in [0.2, 0.25) is 0 Å². The number of phenolic OH excluding ortho intramolecular Hbond substituents is 1. The van der Waals surface area contributed by atoms with Gasteiger partial charge < -0.3 is 87.4 Å². The average Bonchev–Trinajstić information content (AvgIpc) is 1.67. The van der Waals surface area contributed by atoms with Crippen molar-refractivity contribution in [3.8, 4) is 5.75 Å². The molecular weight excluding hydrogens is 1170 g/mol. The number of nitrogens with zero attached hydrogens (tertiary/aromatic N) is 3. The summed E-state index contributed by atoms with van der Waals surface area (Å²) in [6.45, 7) is 7.64. The number of aliphatic imine (C=N–C) groups is 2. The lowest BCUT2D eigenvalue weighted by molar-refractivity contribution is -0.136. The number of aromatic hydroxyl groups is 1. The van der Waals surface area contributed by atoms with Gasteiger partial charge in [0.1, 0.15) is 54.1 Å². The molecular formula is C62H88N18O11. The third-order valence-corrected chi connectivity index (χ3v) is 14.7. The largest absolute Gasteiger partial charge is 0.508 e. The van der Waals surface area contributed by atoms with E-state index in [0.29, 0.717) is 42.9 Å². The van der Waals surface area contributed by atoms with Gasteiger partial charge in [0.05, 0.1) is 13.0 Å². The number of nitrogens with two attached hydrogens (primary N) is 6. The minimum atomic E-state index is -1.52. The molecule has 10 amide bonds. The summed E-state index contributed by atoms with van der Waals surface area (Å²) in [5.74, 6) is -8.89. The number of primary amides is 2. The molecule has 0 spiro atoms. The van der Waals surface area contributed by atoms with Gasteiger partial charge in [-0.25, -0.2) is 0 Å². The van der Waals surface area contributed by atoms with Crippen molar-refractivity contribution in [3.05, 3.63) is 114 Å². The highest BCUT2D eigenvalue weighted by atomic mass is 16.3. The van der Waals surface area contributed by atoms with Gasteiger partial charge in [0, 0.05) is 58.5 Å². The number of fused-ring (bicyclic) bond motifs is 1. The lowest BCUT2D eigenvalue weighted by Crippen LogP contribution is -2.61. The number of carbonyl (C=O) groups is 10. The van der Waals surface area contributed by atoms with Gasteiger partial charge >= 0.3 is 0 Å². The fourth-order valence-corrected chi connectivity index (χ4v) is 9.97. The summed E-state index contributed by atoms with van der Waals surface area (Å²) in [7, 11) is 0. The number of hydrogen-bond acceptors (Lipinski definition) is 15. The summed E-state index contributed by atoms with van der Waals surface area (Å²) in [5.41, 5.74) is 34.6. The number of phenols is 1. The maximum absolute atomic E-state index is 15.0. The normalized spacial score (nSPS) is 14.9. The van der Waals surface area contributed by atoms with Crippen molar-refractivity contribution in [2.24, 2.45) is 50.3 Å². The van der Waals surface area contributed by atoms with Crippen molar-refractivity contribution in [1.29, 1.82) is 0 Å². The molecule has 0 unspecified atom stereocenters. The van der Waals surface area contributed by atoms with Crippen LogP contribution in [0.15, 0.2) is 107 Å². The standard InChI is InChI=1S/C62H88N18O11/c1-36(2)29-47(77-60(91)50(33-40-17-20-41-13-7-8-14-42(41)30-40)79-58(89)48(32-39-18-21-43(81)22-19-39)73-52(83)35-80-27-25-69-26-28-80)57(88)78-49(31-38-11-5-4-6-12-38)59(90)75-44(15-9-23-70-61(65)66)55(86)72-37(3)54(85)74-45(16-10-24-71-62(67)68)56(87)76-46(53(64)84)34-51(63)82/h4-8,11-14,17-22,30,36-37,44-50,69,81H,9-10,15-16,23-29,31-35H2,1-3H3,(H2,63,82)(H2,64,84)(H,72,86)(H,73,83)(H,74,85)(H,75,90)(H,76,87)(H,77,91)(H,78,88)(H,79,89)(H4,65,66,70)(H4,67,68,71)/t37-,44-,45-,46-,47-,48-,49-,50-/m0/s1. The molecule has 0 saturated carbocycles. The first-order valence-electron chi connectivity index (χ1n) is 30.2. The van der Waals surface area contributed by atoms with E-state index in [4.69, 9.17) is 34.4 Å². The summed E-state index contributed by atoms with van der Waals surface area (Å²) in [4.78, 5) is 148. The Hall–Kier alpha value is -9.90. The summed E-state index contributed by atoms with van der Waals surface area (Å²) in [5, 5.41) is 36.7. The van der Waals surface area contributed by atoms with Crippen LogP contribution in [0.3, 0.4) is 0 Å². The highest BCUT2D eigenvalue weighted by molar-refractivity contribution is 5.99.